The van der Waals surface area contributed by atoms with Crippen molar-refractivity contribution in [3.63, 3.8) is 0 Å². The minimum Gasteiger partial charge on any atom is -0.344 e. The molecule has 0 saturated carbocycles. The molecule has 0 amide bonds. The Bertz CT molecular complexity index is 656. The molecular formula is C19H32N4. The van der Waals surface area contributed by atoms with Gasteiger partial charge in [-0.05, 0) is 64.3 Å². The van der Waals surface area contributed by atoms with Crippen LogP contribution in [0.1, 0.15) is 64.3 Å². The molecule has 0 radical (unpaired) electrons. The Morgan fingerprint density at radius 2 is 1.39 bits per heavy atom. The van der Waals surface area contributed by atoms with Crippen molar-refractivity contribution in [3.8, 4) is 0 Å². The molecule has 2 aromatic heterocycles. The van der Waals surface area contributed by atoms with Crippen LogP contribution in [0.15, 0.2) is 0 Å². The molecule has 0 atom stereocenters. The molecule has 4 nitrogen and oxygen atoms in total. The minimum atomic E-state index is 0.0385. The summed E-state index contributed by atoms with van der Waals surface area (Å²) in [6.07, 6.45) is 7.03. The molecule has 0 aromatic carbocycles. The molecule has 0 fully saturated rings. The number of aromatic nitrogens is 4. The zero-order valence-corrected chi connectivity index (χ0v) is 16.5. The van der Waals surface area contributed by atoms with Crippen molar-refractivity contribution in [2.75, 3.05) is 0 Å². The van der Waals surface area contributed by atoms with E-state index in [1.807, 2.05) is 0 Å². The largest absolute Gasteiger partial charge is 0.344 e. The molecule has 0 aliphatic rings. The van der Waals surface area contributed by atoms with Gasteiger partial charge in [-0.1, -0.05) is 27.7 Å². The summed E-state index contributed by atoms with van der Waals surface area (Å²) in [7, 11) is 0. The van der Waals surface area contributed by atoms with Gasteiger partial charge in [0.15, 0.2) is 6.67 Å². The molecular weight excluding hydrogens is 284 g/mol. The summed E-state index contributed by atoms with van der Waals surface area (Å²) < 4.78 is 8.84. The normalized spacial score (nSPS) is 13.0. The van der Waals surface area contributed by atoms with Crippen LogP contribution in [0.4, 0.5) is 0 Å². The van der Waals surface area contributed by atoms with E-state index in [-0.39, 0.29) is 11.1 Å². The molecule has 128 valence electrons. The van der Waals surface area contributed by atoms with E-state index in [1.165, 1.54) is 22.8 Å². The van der Waals surface area contributed by atoms with Gasteiger partial charge in [-0.15, -0.1) is 0 Å². The highest BCUT2D eigenvalue weighted by Crippen LogP contribution is 2.17. The average molecular weight is 316 g/mol. The lowest BCUT2D eigenvalue weighted by atomic mass is 10.1. The third-order valence-corrected chi connectivity index (χ3v) is 4.59. The molecule has 0 spiro atoms. The van der Waals surface area contributed by atoms with E-state index in [9.17, 15) is 0 Å². The highest BCUT2D eigenvalue weighted by atomic mass is 15.3. The van der Waals surface area contributed by atoms with Gasteiger partial charge in [0.1, 0.15) is 0 Å². The standard InChI is InChI=1S/C19H32N4/c1-14-16(3)22(18(5,6)7)12-20(14)11-21-13-23(19(8,9)10)17(4)15(21)2/h11H2,1-10H3. The van der Waals surface area contributed by atoms with Gasteiger partial charge in [-0.3, -0.25) is 0 Å². The molecule has 0 aliphatic heterocycles. The van der Waals surface area contributed by atoms with E-state index in [4.69, 9.17) is 0 Å². The van der Waals surface area contributed by atoms with Crippen LogP contribution in [0.5, 0.6) is 0 Å². The van der Waals surface area contributed by atoms with Crippen LogP contribution in [0.2, 0.25) is 0 Å². The molecule has 4 heteroatoms. The molecule has 2 aromatic rings. The Labute approximate surface area is 141 Å². The van der Waals surface area contributed by atoms with E-state index in [0.29, 0.717) is 0 Å². The lowest BCUT2D eigenvalue weighted by Gasteiger charge is -2.21. The number of nitrogens with zero attached hydrogens (tertiary/aromatic N) is 4. The highest BCUT2D eigenvalue weighted by Gasteiger charge is 2.22. The molecule has 0 bridgehead atoms. The Morgan fingerprint density at radius 1 is 0.826 bits per heavy atom. The summed E-state index contributed by atoms with van der Waals surface area (Å²) in [5.74, 6) is 0. The summed E-state index contributed by atoms with van der Waals surface area (Å²) in [5, 5.41) is 0. The first-order chi connectivity index (χ1) is 10.3. The molecule has 0 saturated heterocycles. The maximum Gasteiger partial charge on any atom is 0.207 e. The van der Waals surface area contributed by atoms with Crippen molar-refractivity contribution >= 4 is 0 Å². The van der Waals surface area contributed by atoms with Crippen molar-refractivity contribution < 1.29 is 9.13 Å². The first kappa shape index (κ1) is 17.8. The smallest absolute Gasteiger partial charge is 0.207 e. The fourth-order valence-electron chi connectivity index (χ4n) is 2.98. The van der Waals surface area contributed by atoms with Gasteiger partial charge < -0.3 is 18.3 Å². The first-order valence-electron chi connectivity index (χ1n) is 8.37. The van der Waals surface area contributed by atoms with Crippen LogP contribution in [-0.2, 0) is 17.7 Å². The zero-order valence-electron chi connectivity index (χ0n) is 16.5. The van der Waals surface area contributed by atoms with Gasteiger partial charge >= 0.3 is 0 Å². The maximum atomic E-state index is 3.52. The van der Waals surface area contributed by atoms with Gasteiger partial charge in [-0.25, -0.2) is 0 Å². The molecule has 23 heavy (non-hydrogen) atoms. The minimum absolute atomic E-state index is 0.0385. The lowest BCUT2D eigenvalue weighted by molar-refractivity contribution is -0.765. The quantitative estimate of drug-likeness (QED) is 0.599. The van der Waals surface area contributed by atoms with Crippen LogP contribution in [0.3, 0.4) is 0 Å². The first-order valence-corrected chi connectivity index (χ1v) is 8.37. The topological polar surface area (TPSA) is 17.6 Å². The summed E-state index contributed by atoms with van der Waals surface area (Å²) in [5.41, 5.74) is 5.11. The highest BCUT2D eigenvalue weighted by molar-refractivity contribution is 5.06. The van der Waals surface area contributed by atoms with Crippen molar-refractivity contribution in [2.24, 2.45) is 0 Å². The number of rotatable bonds is 2. The van der Waals surface area contributed by atoms with Gasteiger partial charge in [0.25, 0.3) is 0 Å². The maximum absolute atomic E-state index is 3.52. The summed E-state index contributed by atoms with van der Waals surface area (Å²) in [4.78, 5) is 0. The van der Waals surface area contributed by atoms with Gasteiger partial charge in [0.05, 0.1) is 11.1 Å². The predicted molar refractivity (Wildman–Crippen MR) is 91.3 cm³/mol. The van der Waals surface area contributed by atoms with Crippen molar-refractivity contribution in [1.29, 1.82) is 0 Å². The lowest BCUT2D eigenvalue weighted by Crippen LogP contribution is -2.51. The van der Waals surface area contributed by atoms with Crippen LogP contribution < -0.4 is 9.13 Å². The fourth-order valence-corrected chi connectivity index (χ4v) is 2.98. The Hall–Kier alpha value is -1.58. The Kier molecular flexibility index (Phi) is 4.25. The molecule has 0 aliphatic carbocycles. The Balaban J connectivity index is 2.45. The summed E-state index contributed by atoms with van der Waals surface area (Å²) in [6, 6.07) is 0. The van der Waals surface area contributed by atoms with E-state index < -0.39 is 0 Å². The second-order valence-corrected chi connectivity index (χ2v) is 8.55. The molecule has 0 N–H and O–H groups in total. The third kappa shape index (κ3) is 3.22. The van der Waals surface area contributed by atoms with Crippen molar-refractivity contribution in [3.05, 3.63) is 35.4 Å². The van der Waals surface area contributed by atoms with Crippen LogP contribution in [0, 0.1) is 40.3 Å². The fraction of sp³-hybridized carbons (Fsp3) is 0.684. The Morgan fingerprint density at radius 3 is 1.78 bits per heavy atom. The van der Waals surface area contributed by atoms with Gasteiger partial charge in [0, 0.05) is 0 Å². The van der Waals surface area contributed by atoms with Crippen molar-refractivity contribution in [2.45, 2.75) is 87.0 Å². The number of imidazole rings is 2. The second-order valence-electron chi connectivity index (χ2n) is 8.55. The number of hydrogen-bond acceptors (Lipinski definition) is 0. The summed E-state index contributed by atoms with van der Waals surface area (Å²) in [6.45, 7) is 22.7. The van der Waals surface area contributed by atoms with E-state index >= 15 is 0 Å². The van der Waals surface area contributed by atoms with Gasteiger partial charge in [0.2, 0.25) is 12.7 Å². The summed E-state index contributed by atoms with van der Waals surface area (Å²) >= 11 is 0. The van der Waals surface area contributed by atoms with E-state index in [2.05, 4.69) is 100 Å². The average Bonchev–Trinajstić information content (AvgIpc) is 2.83. The van der Waals surface area contributed by atoms with Crippen LogP contribution >= 0.6 is 0 Å². The zero-order chi connectivity index (χ0) is 17.7. The van der Waals surface area contributed by atoms with Crippen LogP contribution in [0.25, 0.3) is 0 Å². The van der Waals surface area contributed by atoms with Gasteiger partial charge in [-0.2, -0.15) is 0 Å². The third-order valence-electron chi connectivity index (χ3n) is 4.59. The van der Waals surface area contributed by atoms with E-state index in [0.717, 1.165) is 6.67 Å². The molecule has 0 unspecified atom stereocenters. The molecule has 2 rings (SSSR count). The predicted octanol–water partition coefficient (Wildman–Crippen LogP) is 2.71. The SMILES string of the molecule is Cc1c(C)[n+](C(C)(C)C)[c-]n1C[n+]1[c-]n(C(C)(C)C)c(C)c1C. The van der Waals surface area contributed by atoms with Crippen LogP contribution in [-0.4, -0.2) is 9.13 Å². The number of hydrogen-bond donors (Lipinski definition) is 0. The molecule has 2 heterocycles. The van der Waals surface area contributed by atoms with E-state index in [1.54, 1.807) is 0 Å². The second kappa shape index (κ2) is 5.50. The van der Waals surface area contributed by atoms with Crippen molar-refractivity contribution in [1.82, 2.24) is 9.13 Å². The monoisotopic (exact) mass is 316 g/mol.